The zero-order valence-electron chi connectivity index (χ0n) is 14.1. The van der Waals surface area contributed by atoms with Crippen molar-refractivity contribution >= 4 is 11.9 Å². The highest BCUT2D eigenvalue weighted by atomic mass is 19.4. The fourth-order valence-corrected chi connectivity index (χ4v) is 3.86. The van der Waals surface area contributed by atoms with Crippen molar-refractivity contribution in [1.82, 2.24) is 14.9 Å². The molecule has 0 unspecified atom stereocenters. The quantitative estimate of drug-likeness (QED) is 0.802. The van der Waals surface area contributed by atoms with Gasteiger partial charge in [0.2, 0.25) is 5.95 Å². The summed E-state index contributed by atoms with van der Waals surface area (Å²) in [7, 11) is 0. The molecule has 6 nitrogen and oxygen atoms in total. The molecule has 3 aliphatic heterocycles. The van der Waals surface area contributed by atoms with Crippen LogP contribution in [-0.4, -0.2) is 58.0 Å². The first-order valence-electron chi connectivity index (χ1n) is 8.66. The summed E-state index contributed by atoms with van der Waals surface area (Å²) in [6.07, 6.45) is -2.36. The zero-order chi connectivity index (χ0) is 19.4. The van der Waals surface area contributed by atoms with E-state index in [1.807, 2.05) is 0 Å². The Morgan fingerprint density at radius 1 is 1.33 bits per heavy atom. The number of nitrogens with one attached hydrogen (secondary N) is 1. The van der Waals surface area contributed by atoms with Gasteiger partial charge in [-0.2, -0.15) is 13.2 Å². The van der Waals surface area contributed by atoms with Crippen LogP contribution >= 0.6 is 0 Å². The van der Waals surface area contributed by atoms with Crippen LogP contribution < -0.4 is 5.32 Å². The van der Waals surface area contributed by atoms with Crippen molar-refractivity contribution < 1.29 is 31.5 Å². The minimum Gasteiger partial charge on any atom is -0.373 e. The molecule has 1 N–H and O–H groups in total. The Labute approximate surface area is 151 Å². The maximum atomic E-state index is 13.4. The van der Waals surface area contributed by atoms with Crippen molar-refractivity contribution in [2.75, 3.05) is 18.4 Å². The molecular formula is C16H17F5N4O2. The number of aromatic nitrogens is 2. The second kappa shape index (κ2) is 6.25. The molecule has 3 saturated heterocycles. The van der Waals surface area contributed by atoms with E-state index in [-0.39, 0.29) is 30.7 Å². The van der Waals surface area contributed by atoms with Crippen molar-refractivity contribution in [2.24, 2.45) is 0 Å². The second-order valence-corrected chi connectivity index (χ2v) is 7.15. The molecule has 1 aromatic heterocycles. The van der Waals surface area contributed by atoms with Gasteiger partial charge in [0, 0.05) is 19.2 Å². The molecule has 1 amide bonds. The molecule has 11 heteroatoms. The average Bonchev–Trinajstić information content (AvgIpc) is 3.28. The summed E-state index contributed by atoms with van der Waals surface area (Å²) in [5, 5.41) is 2.84. The van der Waals surface area contributed by atoms with Crippen molar-refractivity contribution in [3.05, 3.63) is 17.5 Å². The fraction of sp³-hybridized carbons (Fsp3) is 0.688. The number of halogens is 5. The number of alkyl halides is 5. The van der Waals surface area contributed by atoms with E-state index < -0.39 is 42.2 Å². The summed E-state index contributed by atoms with van der Waals surface area (Å²) in [5.74, 6) is -4.50. The highest BCUT2D eigenvalue weighted by Crippen LogP contribution is 2.37. The Morgan fingerprint density at radius 2 is 2.11 bits per heavy atom. The summed E-state index contributed by atoms with van der Waals surface area (Å²) in [5.41, 5.74) is -2.25. The Kier molecular flexibility index (Phi) is 4.24. The Balaban J connectivity index is 1.57. The van der Waals surface area contributed by atoms with E-state index in [1.165, 1.54) is 0 Å². The van der Waals surface area contributed by atoms with Gasteiger partial charge in [0.05, 0.1) is 30.4 Å². The predicted octanol–water partition coefficient (Wildman–Crippen LogP) is 2.71. The lowest BCUT2D eigenvalue weighted by Gasteiger charge is -2.22. The van der Waals surface area contributed by atoms with Crippen molar-refractivity contribution in [3.8, 4) is 0 Å². The lowest BCUT2D eigenvalue weighted by molar-refractivity contribution is -0.141. The number of ether oxygens (including phenoxy) is 1. The molecule has 3 aliphatic rings. The third kappa shape index (κ3) is 3.56. The van der Waals surface area contributed by atoms with Gasteiger partial charge in [0.15, 0.2) is 5.69 Å². The lowest BCUT2D eigenvalue weighted by atomic mass is 9.96. The van der Waals surface area contributed by atoms with E-state index in [9.17, 15) is 26.7 Å². The standard InChI is InChI=1S/C16H17F5N4O2/c17-15(18)3-4-25(7-15)13(26)9-6-22-14(24-12(9)16(19,20)21)23-10-5-8-1-2-11(10)27-8/h6,8,10-11H,1-5,7H2,(H,22,23,24)/t8-,10-,11+/m1/s1. The van der Waals surface area contributed by atoms with E-state index in [4.69, 9.17) is 4.74 Å². The summed E-state index contributed by atoms with van der Waals surface area (Å²) < 4.78 is 72.5. The molecule has 3 atom stereocenters. The molecule has 4 heterocycles. The maximum absolute atomic E-state index is 13.4. The molecule has 0 aromatic carbocycles. The zero-order valence-corrected chi connectivity index (χ0v) is 14.1. The summed E-state index contributed by atoms with van der Waals surface area (Å²) in [4.78, 5) is 20.3. The Morgan fingerprint density at radius 3 is 2.67 bits per heavy atom. The van der Waals surface area contributed by atoms with Gasteiger partial charge in [-0.25, -0.2) is 18.7 Å². The van der Waals surface area contributed by atoms with Crippen LogP contribution in [-0.2, 0) is 10.9 Å². The number of nitrogens with zero attached hydrogens (tertiary/aromatic N) is 3. The smallest absolute Gasteiger partial charge is 0.373 e. The molecule has 27 heavy (non-hydrogen) atoms. The van der Waals surface area contributed by atoms with Crippen LogP contribution in [0.25, 0.3) is 0 Å². The molecule has 0 saturated carbocycles. The van der Waals surface area contributed by atoms with Gasteiger partial charge in [0.1, 0.15) is 0 Å². The minimum atomic E-state index is -4.92. The number of hydrogen-bond acceptors (Lipinski definition) is 5. The van der Waals surface area contributed by atoms with Gasteiger partial charge in [-0.05, 0) is 19.3 Å². The second-order valence-electron chi connectivity index (χ2n) is 7.15. The number of fused-ring (bicyclic) bond motifs is 2. The average molecular weight is 392 g/mol. The van der Waals surface area contributed by atoms with E-state index in [1.54, 1.807) is 0 Å². The number of anilines is 1. The Hall–Kier alpha value is -2.04. The molecule has 148 valence electrons. The Bertz CT molecular complexity index is 757. The normalized spacial score (nSPS) is 29.4. The molecule has 2 bridgehead atoms. The third-order valence-corrected chi connectivity index (χ3v) is 5.17. The topological polar surface area (TPSA) is 67.3 Å². The van der Waals surface area contributed by atoms with E-state index in [0.717, 1.165) is 19.0 Å². The fourth-order valence-electron chi connectivity index (χ4n) is 3.86. The number of amides is 1. The lowest BCUT2D eigenvalue weighted by Crippen LogP contribution is -2.34. The molecular weight excluding hydrogens is 375 g/mol. The number of carbonyl (C=O) groups is 1. The molecule has 0 spiro atoms. The highest BCUT2D eigenvalue weighted by molar-refractivity contribution is 5.95. The van der Waals surface area contributed by atoms with Crippen LogP contribution in [0, 0.1) is 0 Å². The summed E-state index contributed by atoms with van der Waals surface area (Å²) in [6, 6.07) is -0.191. The minimum absolute atomic E-state index is 0.0901. The summed E-state index contributed by atoms with van der Waals surface area (Å²) in [6.45, 7) is -1.22. The van der Waals surface area contributed by atoms with Crippen LogP contribution in [0.15, 0.2) is 6.20 Å². The van der Waals surface area contributed by atoms with Crippen molar-refractivity contribution in [1.29, 1.82) is 0 Å². The number of hydrogen-bond donors (Lipinski definition) is 1. The van der Waals surface area contributed by atoms with Gasteiger partial charge < -0.3 is 15.0 Å². The van der Waals surface area contributed by atoms with Crippen molar-refractivity contribution in [3.63, 3.8) is 0 Å². The SMILES string of the molecule is O=C(c1cnc(N[C@@H]2C[C@H]3CC[C@@H]2O3)nc1C(F)(F)F)N1CCC(F)(F)C1. The first-order valence-corrected chi connectivity index (χ1v) is 8.66. The number of rotatable bonds is 3. The van der Waals surface area contributed by atoms with E-state index in [0.29, 0.717) is 11.3 Å². The summed E-state index contributed by atoms with van der Waals surface area (Å²) >= 11 is 0. The third-order valence-electron chi connectivity index (χ3n) is 5.17. The maximum Gasteiger partial charge on any atom is 0.434 e. The number of carbonyl (C=O) groups excluding carboxylic acids is 1. The first-order chi connectivity index (χ1) is 12.6. The van der Waals surface area contributed by atoms with Gasteiger partial charge in [0.25, 0.3) is 11.8 Å². The van der Waals surface area contributed by atoms with Gasteiger partial charge in [-0.1, -0.05) is 0 Å². The predicted molar refractivity (Wildman–Crippen MR) is 82.4 cm³/mol. The van der Waals surface area contributed by atoms with Gasteiger partial charge in [-0.15, -0.1) is 0 Å². The van der Waals surface area contributed by atoms with Crippen molar-refractivity contribution in [2.45, 2.75) is 56.0 Å². The molecule has 0 aliphatic carbocycles. The van der Waals surface area contributed by atoms with Crippen LogP contribution in [0.4, 0.5) is 27.9 Å². The van der Waals surface area contributed by atoms with Gasteiger partial charge in [-0.3, -0.25) is 4.79 Å². The number of likely N-dealkylation sites (tertiary alicyclic amines) is 1. The first kappa shape index (κ1) is 18.3. The van der Waals surface area contributed by atoms with Crippen LogP contribution in [0.1, 0.15) is 41.7 Å². The molecule has 1 aromatic rings. The van der Waals surface area contributed by atoms with Crippen LogP contribution in [0.2, 0.25) is 0 Å². The largest absolute Gasteiger partial charge is 0.434 e. The highest BCUT2D eigenvalue weighted by Gasteiger charge is 2.45. The van der Waals surface area contributed by atoms with Crippen LogP contribution in [0.5, 0.6) is 0 Å². The van der Waals surface area contributed by atoms with E-state index in [2.05, 4.69) is 15.3 Å². The van der Waals surface area contributed by atoms with E-state index >= 15 is 0 Å². The molecule has 3 fully saturated rings. The van der Waals surface area contributed by atoms with Gasteiger partial charge >= 0.3 is 6.18 Å². The molecule has 0 radical (unpaired) electrons. The van der Waals surface area contributed by atoms with Crippen LogP contribution in [0.3, 0.4) is 0 Å². The molecule has 4 rings (SSSR count). The monoisotopic (exact) mass is 392 g/mol.